The molecule has 1 fully saturated rings. The number of aryl methyl sites for hydroxylation is 1. The van der Waals surface area contributed by atoms with E-state index in [1.54, 1.807) is 0 Å². The number of hydrogen-bond acceptors (Lipinski definition) is 3. The number of hydrogen-bond donors (Lipinski definition) is 1. The lowest BCUT2D eigenvalue weighted by atomic mass is 10.1. The third-order valence-electron chi connectivity index (χ3n) is 3.50. The van der Waals surface area contributed by atoms with Gasteiger partial charge in [0.15, 0.2) is 0 Å². The molecule has 0 aliphatic carbocycles. The molecule has 1 atom stereocenters. The van der Waals surface area contributed by atoms with E-state index in [-0.39, 0.29) is 0 Å². The summed E-state index contributed by atoms with van der Waals surface area (Å²) in [6.07, 6.45) is 8.38. The molecule has 4 nitrogen and oxygen atoms in total. The van der Waals surface area contributed by atoms with Crippen molar-refractivity contribution in [2.24, 2.45) is 5.92 Å². The second-order valence-corrected chi connectivity index (χ2v) is 4.92. The lowest BCUT2D eigenvalue weighted by Crippen LogP contribution is -2.27. The molecule has 2 rings (SSSR count). The Kier molecular flexibility index (Phi) is 5.01. The highest BCUT2D eigenvalue weighted by atomic mass is 15.2. The monoisotopic (exact) mass is 236 g/mol. The topological polar surface area (TPSA) is 33.1 Å². The summed E-state index contributed by atoms with van der Waals surface area (Å²) in [6, 6.07) is 0. The van der Waals surface area contributed by atoms with Crippen LogP contribution in [0.4, 0.5) is 0 Å². The van der Waals surface area contributed by atoms with Crippen LogP contribution in [0, 0.1) is 5.92 Å². The summed E-state index contributed by atoms with van der Waals surface area (Å²) in [4.78, 5) is 6.66. The molecule has 17 heavy (non-hydrogen) atoms. The molecule has 0 radical (unpaired) electrons. The predicted octanol–water partition coefficient (Wildman–Crippen LogP) is 1.20. The number of nitrogens with zero attached hydrogens (tertiary/aromatic N) is 3. The first-order valence-electron chi connectivity index (χ1n) is 6.77. The van der Waals surface area contributed by atoms with Crippen LogP contribution in [0.15, 0.2) is 18.7 Å². The first-order chi connectivity index (χ1) is 8.38. The van der Waals surface area contributed by atoms with Gasteiger partial charge in [0.05, 0.1) is 6.33 Å². The van der Waals surface area contributed by atoms with Crippen LogP contribution in [0.5, 0.6) is 0 Å². The zero-order chi connectivity index (χ0) is 11.9. The fourth-order valence-corrected chi connectivity index (χ4v) is 2.53. The minimum atomic E-state index is 0.864. The van der Waals surface area contributed by atoms with Crippen molar-refractivity contribution >= 4 is 0 Å². The van der Waals surface area contributed by atoms with Crippen LogP contribution in [0.3, 0.4) is 0 Å². The highest BCUT2D eigenvalue weighted by Gasteiger charge is 2.21. The Morgan fingerprint density at radius 1 is 1.41 bits per heavy atom. The summed E-state index contributed by atoms with van der Waals surface area (Å²) in [6.45, 7) is 9.33. The van der Waals surface area contributed by atoms with Crippen LogP contribution in [0.1, 0.15) is 19.8 Å². The van der Waals surface area contributed by atoms with E-state index < -0.39 is 0 Å². The summed E-state index contributed by atoms with van der Waals surface area (Å²) in [5, 5.41) is 3.45. The van der Waals surface area contributed by atoms with E-state index in [1.807, 2.05) is 18.7 Å². The van der Waals surface area contributed by atoms with Gasteiger partial charge in [-0.15, -0.1) is 0 Å². The molecule has 2 heterocycles. The molecule has 1 aromatic rings. The van der Waals surface area contributed by atoms with Crippen molar-refractivity contribution in [3.63, 3.8) is 0 Å². The summed E-state index contributed by atoms with van der Waals surface area (Å²) < 4.78 is 2.16. The fraction of sp³-hybridized carbons (Fsp3) is 0.769. The quantitative estimate of drug-likeness (QED) is 0.772. The Morgan fingerprint density at radius 2 is 2.35 bits per heavy atom. The van der Waals surface area contributed by atoms with Gasteiger partial charge in [0.1, 0.15) is 0 Å². The molecule has 0 spiro atoms. The maximum absolute atomic E-state index is 4.06. The predicted molar refractivity (Wildman–Crippen MR) is 69.9 cm³/mol. The first kappa shape index (κ1) is 12.6. The maximum Gasteiger partial charge on any atom is 0.0945 e. The van der Waals surface area contributed by atoms with E-state index in [0.717, 1.165) is 19.0 Å². The van der Waals surface area contributed by atoms with Crippen molar-refractivity contribution in [2.45, 2.75) is 26.3 Å². The van der Waals surface area contributed by atoms with Crippen molar-refractivity contribution in [3.05, 3.63) is 18.7 Å². The zero-order valence-corrected chi connectivity index (χ0v) is 10.8. The van der Waals surface area contributed by atoms with Gasteiger partial charge in [-0.1, -0.05) is 6.92 Å². The summed E-state index contributed by atoms with van der Waals surface area (Å²) in [7, 11) is 0. The molecular formula is C13H24N4. The Balaban J connectivity index is 1.58. The van der Waals surface area contributed by atoms with Crippen molar-refractivity contribution < 1.29 is 0 Å². The molecule has 1 unspecified atom stereocenters. The normalized spacial score (nSPS) is 21.1. The van der Waals surface area contributed by atoms with Gasteiger partial charge in [-0.2, -0.15) is 0 Å². The van der Waals surface area contributed by atoms with E-state index in [4.69, 9.17) is 0 Å². The van der Waals surface area contributed by atoms with Crippen molar-refractivity contribution in [2.75, 3.05) is 32.7 Å². The number of imidazole rings is 1. The molecule has 1 N–H and O–H groups in total. The van der Waals surface area contributed by atoms with E-state index >= 15 is 0 Å². The third-order valence-corrected chi connectivity index (χ3v) is 3.50. The van der Waals surface area contributed by atoms with Crippen molar-refractivity contribution in [1.29, 1.82) is 0 Å². The molecule has 1 aromatic heterocycles. The van der Waals surface area contributed by atoms with Gasteiger partial charge in [0.2, 0.25) is 0 Å². The second kappa shape index (κ2) is 6.77. The highest BCUT2D eigenvalue weighted by molar-refractivity contribution is 4.78. The van der Waals surface area contributed by atoms with E-state index in [2.05, 4.69) is 26.7 Å². The van der Waals surface area contributed by atoms with E-state index in [1.165, 1.54) is 39.0 Å². The second-order valence-electron chi connectivity index (χ2n) is 4.92. The lowest BCUT2D eigenvalue weighted by molar-refractivity contribution is 0.310. The summed E-state index contributed by atoms with van der Waals surface area (Å²) in [5.41, 5.74) is 0. The SMILES string of the molecule is CCNCC1CCN(CCCn2ccnc2)C1. The molecular weight excluding hydrogens is 212 g/mol. The Morgan fingerprint density at radius 3 is 3.12 bits per heavy atom. The average molecular weight is 236 g/mol. The molecule has 96 valence electrons. The Labute approximate surface area is 104 Å². The molecule has 0 bridgehead atoms. The molecule has 0 saturated carbocycles. The number of rotatable bonds is 7. The third kappa shape index (κ3) is 4.13. The number of nitrogens with one attached hydrogen (secondary N) is 1. The Bertz CT molecular complexity index is 296. The highest BCUT2D eigenvalue weighted by Crippen LogP contribution is 2.15. The zero-order valence-electron chi connectivity index (χ0n) is 10.8. The van der Waals surface area contributed by atoms with Gasteiger partial charge in [0.25, 0.3) is 0 Å². The largest absolute Gasteiger partial charge is 0.337 e. The Hall–Kier alpha value is -0.870. The van der Waals surface area contributed by atoms with Gasteiger partial charge in [0, 0.05) is 25.5 Å². The molecule has 1 aliphatic heterocycles. The van der Waals surface area contributed by atoms with Crippen LogP contribution < -0.4 is 5.32 Å². The molecule has 0 aromatic carbocycles. The van der Waals surface area contributed by atoms with Gasteiger partial charge in [-0.05, 0) is 44.9 Å². The van der Waals surface area contributed by atoms with Gasteiger partial charge in [-0.25, -0.2) is 4.98 Å². The van der Waals surface area contributed by atoms with Crippen LogP contribution in [-0.2, 0) is 6.54 Å². The smallest absolute Gasteiger partial charge is 0.0945 e. The van der Waals surface area contributed by atoms with Crippen LogP contribution in [-0.4, -0.2) is 47.2 Å². The first-order valence-corrected chi connectivity index (χ1v) is 6.77. The van der Waals surface area contributed by atoms with Gasteiger partial charge >= 0.3 is 0 Å². The molecule has 1 saturated heterocycles. The van der Waals surface area contributed by atoms with Gasteiger partial charge in [-0.3, -0.25) is 0 Å². The van der Waals surface area contributed by atoms with Crippen LogP contribution in [0.2, 0.25) is 0 Å². The summed E-state index contributed by atoms with van der Waals surface area (Å²) in [5.74, 6) is 0.864. The minimum Gasteiger partial charge on any atom is -0.337 e. The maximum atomic E-state index is 4.06. The summed E-state index contributed by atoms with van der Waals surface area (Å²) >= 11 is 0. The van der Waals surface area contributed by atoms with E-state index in [9.17, 15) is 0 Å². The van der Waals surface area contributed by atoms with E-state index in [0.29, 0.717) is 0 Å². The minimum absolute atomic E-state index is 0.864. The van der Waals surface area contributed by atoms with Crippen LogP contribution in [0.25, 0.3) is 0 Å². The molecule has 0 amide bonds. The van der Waals surface area contributed by atoms with Crippen LogP contribution >= 0.6 is 0 Å². The van der Waals surface area contributed by atoms with Crippen molar-refractivity contribution in [3.8, 4) is 0 Å². The fourth-order valence-electron chi connectivity index (χ4n) is 2.53. The lowest BCUT2D eigenvalue weighted by Gasteiger charge is -2.16. The number of aromatic nitrogens is 2. The molecule has 4 heteroatoms. The van der Waals surface area contributed by atoms with Gasteiger partial charge < -0.3 is 14.8 Å². The standard InChI is InChI=1S/C13H24N4/c1-2-14-10-13-4-8-16(11-13)6-3-7-17-9-5-15-12-17/h5,9,12-14H,2-4,6-8,10-11H2,1H3. The number of likely N-dealkylation sites (tertiary alicyclic amines) is 1. The molecule has 1 aliphatic rings. The average Bonchev–Trinajstić information content (AvgIpc) is 2.98. The van der Waals surface area contributed by atoms with Crippen molar-refractivity contribution in [1.82, 2.24) is 19.8 Å².